The van der Waals surface area contributed by atoms with Gasteiger partial charge < -0.3 is 9.47 Å². The lowest BCUT2D eigenvalue weighted by Gasteiger charge is -2.12. The molecule has 0 N–H and O–H groups in total. The number of hydrogen-bond donors (Lipinski definition) is 0. The molecule has 180 valence electrons. The fraction of sp³-hybridized carbons (Fsp3) is 0.414. The Morgan fingerprint density at radius 1 is 0.794 bits per heavy atom. The summed E-state index contributed by atoms with van der Waals surface area (Å²) in [5.41, 5.74) is 4.39. The molecule has 0 aliphatic carbocycles. The molecule has 1 heterocycles. The smallest absolute Gasteiger partial charge is 0.346 e. The highest BCUT2D eigenvalue weighted by Gasteiger charge is 2.14. The van der Waals surface area contributed by atoms with E-state index in [1.54, 1.807) is 19.1 Å². The van der Waals surface area contributed by atoms with Crippen molar-refractivity contribution in [3.05, 3.63) is 66.5 Å². The summed E-state index contributed by atoms with van der Waals surface area (Å²) in [5, 5.41) is 0. The van der Waals surface area contributed by atoms with Crippen LogP contribution >= 0.6 is 0 Å². The number of hydrogen-bond acceptors (Lipinski definition) is 5. The number of aryl methyl sites for hydroxylation is 1. The van der Waals surface area contributed by atoms with E-state index in [9.17, 15) is 4.79 Å². The standard InChI is InChI=1S/C29H36N2O3/c1-4-5-6-7-8-9-10-11-23-12-14-24(15-13-23)26-20-30-28(31-21-26)25-16-18-27(19-17-25)34-22(2)29(32)33-3/h12-22H,4-11H2,1-3H3. The Hall–Kier alpha value is -3.21. The van der Waals surface area contributed by atoms with Gasteiger partial charge in [0.15, 0.2) is 11.9 Å². The van der Waals surface area contributed by atoms with Crippen LogP contribution in [0.1, 0.15) is 64.4 Å². The first kappa shape index (κ1) is 25.4. The first-order valence-corrected chi connectivity index (χ1v) is 12.4. The molecule has 2 aromatic carbocycles. The van der Waals surface area contributed by atoms with Crippen LogP contribution in [0.15, 0.2) is 60.9 Å². The number of methoxy groups -OCH3 is 1. The molecule has 0 fully saturated rings. The normalized spacial score (nSPS) is 11.7. The topological polar surface area (TPSA) is 61.3 Å². The lowest BCUT2D eigenvalue weighted by Crippen LogP contribution is -2.24. The minimum Gasteiger partial charge on any atom is -0.479 e. The third kappa shape index (κ3) is 7.68. The Labute approximate surface area is 203 Å². The number of rotatable bonds is 13. The number of nitrogens with zero attached hydrogens (tertiary/aromatic N) is 2. The second-order valence-electron chi connectivity index (χ2n) is 8.67. The van der Waals surface area contributed by atoms with Crippen LogP contribution in [0.2, 0.25) is 0 Å². The molecule has 0 bridgehead atoms. The Bertz CT molecular complexity index is 999. The second kappa shape index (κ2) is 13.5. The van der Waals surface area contributed by atoms with E-state index < -0.39 is 12.1 Å². The molecule has 0 saturated carbocycles. The summed E-state index contributed by atoms with van der Waals surface area (Å²) in [4.78, 5) is 20.6. The molecule has 0 aliphatic rings. The maximum atomic E-state index is 11.5. The first-order chi connectivity index (χ1) is 16.6. The van der Waals surface area contributed by atoms with Crippen molar-refractivity contribution in [1.29, 1.82) is 0 Å². The fourth-order valence-electron chi connectivity index (χ4n) is 3.88. The Balaban J connectivity index is 1.51. The van der Waals surface area contributed by atoms with Crippen molar-refractivity contribution in [1.82, 2.24) is 9.97 Å². The van der Waals surface area contributed by atoms with Gasteiger partial charge in [0.25, 0.3) is 0 Å². The highest BCUT2D eigenvalue weighted by atomic mass is 16.6. The molecule has 0 spiro atoms. The van der Waals surface area contributed by atoms with Crippen molar-refractivity contribution >= 4 is 5.97 Å². The van der Waals surface area contributed by atoms with Crippen LogP contribution in [0.4, 0.5) is 0 Å². The number of ether oxygens (including phenoxy) is 2. The van der Waals surface area contributed by atoms with E-state index in [-0.39, 0.29) is 0 Å². The van der Waals surface area contributed by atoms with Crippen LogP contribution in [-0.4, -0.2) is 29.2 Å². The van der Waals surface area contributed by atoms with E-state index in [1.807, 2.05) is 24.5 Å². The molecule has 5 nitrogen and oxygen atoms in total. The van der Waals surface area contributed by atoms with E-state index in [1.165, 1.54) is 57.6 Å². The molecule has 5 heteroatoms. The number of esters is 1. The monoisotopic (exact) mass is 460 g/mol. The lowest BCUT2D eigenvalue weighted by molar-refractivity contribution is -0.147. The summed E-state index contributed by atoms with van der Waals surface area (Å²) >= 11 is 0. The van der Waals surface area contributed by atoms with E-state index in [0.29, 0.717) is 11.6 Å². The van der Waals surface area contributed by atoms with Gasteiger partial charge in [-0.1, -0.05) is 69.7 Å². The minimum atomic E-state index is -0.659. The van der Waals surface area contributed by atoms with Crippen molar-refractivity contribution in [2.24, 2.45) is 0 Å². The summed E-state index contributed by atoms with van der Waals surface area (Å²) in [6, 6.07) is 16.1. The zero-order valence-electron chi connectivity index (χ0n) is 20.6. The molecule has 0 saturated heterocycles. The third-order valence-corrected chi connectivity index (χ3v) is 5.97. The van der Waals surface area contributed by atoms with Crippen LogP contribution in [0.3, 0.4) is 0 Å². The van der Waals surface area contributed by atoms with Crippen LogP contribution in [-0.2, 0) is 16.0 Å². The summed E-state index contributed by atoms with van der Waals surface area (Å²) < 4.78 is 10.3. The van der Waals surface area contributed by atoms with Crippen molar-refractivity contribution in [2.45, 2.75) is 71.3 Å². The van der Waals surface area contributed by atoms with Gasteiger partial charge in [-0.3, -0.25) is 0 Å². The Morgan fingerprint density at radius 3 is 2.00 bits per heavy atom. The molecular weight excluding hydrogens is 424 g/mol. The van der Waals surface area contributed by atoms with Gasteiger partial charge in [-0.05, 0) is 55.2 Å². The van der Waals surface area contributed by atoms with Crippen LogP contribution in [0, 0.1) is 0 Å². The van der Waals surface area contributed by atoms with E-state index in [2.05, 4.69) is 45.9 Å². The number of unbranched alkanes of at least 4 members (excludes halogenated alkanes) is 6. The molecule has 1 unspecified atom stereocenters. The number of aromatic nitrogens is 2. The largest absolute Gasteiger partial charge is 0.479 e. The van der Waals surface area contributed by atoms with Gasteiger partial charge in [0.1, 0.15) is 5.75 Å². The molecule has 0 amide bonds. The zero-order chi connectivity index (χ0) is 24.2. The van der Waals surface area contributed by atoms with Gasteiger partial charge in [-0.15, -0.1) is 0 Å². The Kier molecular flexibility index (Phi) is 10.1. The zero-order valence-corrected chi connectivity index (χ0v) is 20.6. The number of carbonyl (C=O) groups is 1. The summed E-state index contributed by atoms with van der Waals surface area (Å²) in [6.07, 6.45) is 13.5. The van der Waals surface area contributed by atoms with Crippen LogP contribution < -0.4 is 4.74 Å². The maximum absolute atomic E-state index is 11.5. The van der Waals surface area contributed by atoms with Gasteiger partial charge in [-0.2, -0.15) is 0 Å². The minimum absolute atomic E-state index is 0.408. The van der Waals surface area contributed by atoms with Gasteiger partial charge in [-0.25, -0.2) is 14.8 Å². The molecule has 1 atom stereocenters. The molecule has 1 aromatic heterocycles. The molecule has 34 heavy (non-hydrogen) atoms. The maximum Gasteiger partial charge on any atom is 0.346 e. The average Bonchev–Trinajstić information content (AvgIpc) is 2.88. The predicted molar refractivity (Wildman–Crippen MR) is 137 cm³/mol. The first-order valence-electron chi connectivity index (χ1n) is 12.4. The van der Waals surface area contributed by atoms with Gasteiger partial charge >= 0.3 is 5.97 Å². The van der Waals surface area contributed by atoms with Crippen molar-refractivity contribution in [2.75, 3.05) is 7.11 Å². The third-order valence-electron chi connectivity index (χ3n) is 5.97. The molecular formula is C29H36N2O3. The molecule has 0 aliphatic heterocycles. The van der Waals surface area contributed by atoms with Gasteiger partial charge in [0.2, 0.25) is 0 Å². The SMILES string of the molecule is CCCCCCCCCc1ccc(-c2cnc(-c3ccc(OC(C)C(=O)OC)cc3)nc2)cc1. The van der Waals surface area contributed by atoms with Crippen molar-refractivity contribution in [3.63, 3.8) is 0 Å². The van der Waals surface area contributed by atoms with Crippen LogP contribution in [0.25, 0.3) is 22.5 Å². The predicted octanol–water partition coefficient (Wildman–Crippen LogP) is 7.04. The van der Waals surface area contributed by atoms with Crippen molar-refractivity contribution in [3.8, 4) is 28.3 Å². The summed E-state index contributed by atoms with van der Waals surface area (Å²) in [7, 11) is 1.35. The van der Waals surface area contributed by atoms with E-state index in [0.717, 1.165) is 23.1 Å². The van der Waals surface area contributed by atoms with Crippen LogP contribution in [0.5, 0.6) is 5.75 Å². The average molecular weight is 461 g/mol. The van der Waals surface area contributed by atoms with Gasteiger partial charge in [0, 0.05) is 23.5 Å². The summed E-state index contributed by atoms with van der Waals surface area (Å²) in [6.45, 7) is 3.92. The molecule has 3 aromatic rings. The molecule has 3 rings (SSSR count). The second-order valence-corrected chi connectivity index (χ2v) is 8.67. The fourth-order valence-corrected chi connectivity index (χ4v) is 3.88. The van der Waals surface area contributed by atoms with E-state index >= 15 is 0 Å². The Morgan fingerprint density at radius 2 is 1.38 bits per heavy atom. The van der Waals surface area contributed by atoms with Gasteiger partial charge in [0.05, 0.1) is 7.11 Å². The lowest BCUT2D eigenvalue weighted by atomic mass is 10.0. The highest BCUT2D eigenvalue weighted by molar-refractivity contribution is 5.74. The van der Waals surface area contributed by atoms with E-state index in [4.69, 9.17) is 4.74 Å². The quantitative estimate of drug-likeness (QED) is 0.202. The molecule has 0 radical (unpaired) electrons. The number of carbonyl (C=O) groups excluding carboxylic acids is 1. The summed E-state index contributed by atoms with van der Waals surface area (Å²) in [5.74, 6) is 0.829. The highest BCUT2D eigenvalue weighted by Crippen LogP contribution is 2.23. The van der Waals surface area contributed by atoms with Crippen molar-refractivity contribution < 1.29 is 14.3 Å². The number of benzene rings is 2.